The van der Waals surface area contributed by atoms with Gasteiger partial charge < -0.3 is 14.2 Å². The van der Waals surface area contributed by atoms with Gasteiger partial charge in [-0.15, -0.1) is 0 Å². The largest absolute Gasteiger partial charge is 0.493 e. The highest BCUT2D eigenvalue weighted by molar-refractivity contribution is 6.28. The van der Waals surface area contributed by atoms with E-state index in [1.807, 2.05) is 6.07 Å². The molecule has 0 aliphatic heterocycles. The van der Waals surface area contributed by atoms with E-state index >= 15 is 0 Å². The highest BCUT2D eigenvalue weighted by atomic mass is 35.5. The SMILES string of the molecule is COCCOc1cc2nc(Cl)ncc2cc1OC. The molecule has 0 aliphatic carbocycles. The van der Waals surface area contributed by atoms with Gasteiger partial charge >= 0.3 is 0 Å². The van der Waals surface area contributed by atoms with Gasteiger partial charge in [0.25, 0.3) is 0 Å². The molecule has 96 valence electrons. The van der Waals surface area contributed by atoms with E-state index in [0.29, 0.717) is 30.2 Å². The van der Waals surface area contributed by atoms with Crippen molar-refractivity contribution in [3.05, 3.63) is 23.6 Å². The molecule has 0 bridgehead atoms. The van der Waals surface area contributed by atoms with Crippen LogP contribution in [0, 0.1) is 0 Å². The van der Waals surface area contributed by atoms with Crippen molar-refractivity contribution in [3.63, 3.8) is 0 Å². The van der Waals surface area contributed by atoms with Gasteiger partial charge in [-0.3, -0.25) is 0 Å². The number of nitrogens with zero attached hydrogens (tertiary/aromatic N) is 2. The van der Waals surface area contributed by atoms with Crippen LogP contribution in [-0.4, -0.2) is 37.4 Å². The molecule has 2 aromatic rings. The topological polar surface area (TPSA) is 53.5 Å². The summed E-state index contributed by atoms with van der Waals surface area (Å²) in [5, 5.41) is 1.05. The molecule has 0 saturated carbocycles. The van der Waals surface area contributed by atoms with Crippen LogP contribution in [0.4, 0.5) is 0 Å². The second kappa shape index (κ2) is 5.84. The maximum Gasteiger partial charge on any atom is 0.222 e. The van der Waals surface area contributed by atoms with E-state index < -0.39 is 0 Å². The third kappa shape index (κ3) is 2.80. The van der Waals surface area contributed by atoms with E-state index in [9.17, 15) is 0 Å². The summed E-state index contributed by atoms with van der Waals surface area (Å²) in [5.41, 5.74) is 0.711. The average molecular weight is 269 g/mol. The van der Waals surface area contributed by atoms with Gasteiger partial charge in [0.15, 0.2) is 11.5 Å². The number of rotatable bonds is 5. The van der Waals surface area contributed by atoms with Crippen LogP contribution in [0.5, 0.6) is 11.5 Å². The molecule has 1 aromatic carbocycles. The van der Waals surface area contributed by atoms with Gasteiger partial charge in [0.05, 0.1) is 19.2 Å². The quantitative estimate of drug-likeness (QED) is 0.615. The molecule has 2 rings (SSSR count). The number of methoxy groups -OCH3 is 2. The molecule has 0 amide bonds. The predicted molar refractivity (Wildman–Crippen MR) is 68.5 cm³/mol. The Bertz CT molecular complexity index is 548. The first-order valence-electron chi connectivity index (χ1n) is 5.36. The fraction of sp³-hybridized carbons (Fsp3) is 0.333. The van der Waals surface area contributed by atoms with E-state index in [1.54, 1.807) is 26.5 Å². The van der Waals surface area contributed by atoms with E-state index in [-0.39, 0.29) is 5.28 Å². The number of aromatic nitrogens is 2. The summed E-state index contributed by atoms with van der Waals surface area (Å²) in [5.74, 6) is 1.24. The van der Waals surface area contributed by atoms with E-state index in [1.165, 1.54) is 0 Å². The Hall–Kier alpha value is -1.59. The van der Waals surface area contributed by atoms with Crippen molar-refractivity contribution >= 4 is 22.5 Å². The molecule has 18 heavy (non-hydrogen) atoms. The van der Waals surface area contributed by atoms with Gasteiger partial charge in [0.1, 0.15) is 6.61 Å². The molecule has 0 aliphatic rings. The molecule has 0 unspecified atom stereocenters. The highest BCUT2D eigenvalue weighted by Crippen LogP contribution is 2.31. The Morgan fingerprint density at radius 2 is 2.00 bits per heavy atom. The van der Waals surface area contributed by atoms with Gasteiger partial charge in [0, 0.05) is 24.8 Å². The number of benzene rings is 1. The van der Waals surface area contributed by atoms with E-state index in [4.69, 9.17) is 25.8 Å². The van der Waals surface area contributed by atoms with E-state index in [2.05, 4.69) is 9.97 Å². The summed E-state index contributed by atoms with van der Waals surface area (Å²) in [7, 11) is 3.20. The van der Waals surface area contributed by atoms with Crippen molar-refractivity contribution in [1.29, 1.82) is 0 Å². The maximum atomic E-state index is 5.76. The van der Waals surface area contributed by atoms with Crippen LogP contribution < -0.4 is 9.47 Å². The highest BCUT2D eigenvalue weighted by Gasteiger charge is 2.08. The summed E-state index contributed by atoms with van der Waals surface area (Å²) in [6.07, 6.45) is 1.64. The van der Waals surface area contributed by atoms with Crippen molar-refractivity contribution in [1.82, 2.24) is 9.97 Å². The third-order valence-corrected chi connectivity index (χ3v) is 2.56. The van der Waals surface area contributed by atoms with Crippen molar-refractivity contribution in [2.24, 2.45) is 0 Å². The lowest BCUT2D eigenvalue weighted by atomic mass is 10.2. The minimum Gasteiger partial charge on any atom is -0.493 e. The molecule has 6 heteroatoms. The van der Waals surface area contributed by atoms with Crippen LogP contribution >= 0.6 is 11.6 Å². The van der Waals surface area contributed by atoms with Crippen LogP contribution in [-0.2, 0) is 4.74 Å². The molecular weight excluding hydrogens is 256 g/mol. The summed E-state index contributed by atoms with van der Waals surface area (Å²) >= 11 is 5.76. The Labute approximate surface area is 110 Å². The van der Waals surface area contributed by atoms with Crippen molar-refractivity contribution in [2.75, 3.05) is 27.4 Å². The van der Waals surface area contributed by atoms with Crippen molar-refractivity contribution < 1.29 is 14.2 Å². The van der Waals surface area contributed by atoms with Crippen LogP contribution in [0.3, 0.4) is 0 Å². The monoisotopic (exact) mass is 268 g/mol. The average Bonchev–Trinajstić information content (AvgIpc) is 2.38. The summed E-state index contributed by atoms with van der Waals surface area (Å²) in [6.45, 7) is 0.947. The number of halogens is 1. The molecule has 1 aromatic heterocycles. The maximum absolute atomic E-state index is 5.76. The van der Waals surface area contributed by atoms with Gasteiger partial charge in [0.2, 0.25) is 5.28 Å². The second-order valence-corrected chi connectivity index (χ2v) is 3.88. The van der Waals surface area contributed by atoms with Crippen molar-refractivity contribution in [3.8, 4) is 11.5 Å². The van der Waals surface area contributed by atoms with Gasteiger partial charge in [-0.1, -0.05) is 0 Å². The Morgan fingerprint density at radius 3 is 2.72 bits per heavy atom. The molecule has 0 atom stereocenters. The first-order chi connectivity index (χ1) is 8.74. The molecule has 5 nitrogen and oxygen atoms in total. The molecule has 0 spiro atoms. The predicted octanol–water partition coefficient (Wildman–Crippen LogP) is 2.32. The zero-order chi connectivity index (χ0) is 13.0. The minimum absolute atomic E-state index is 0.204. The molecule has 0 radical (unpaired) electrons. The van der Waals surface area contributed by atoms with Crippen molar-refractivity contribution in [2.45, 2.75) is 0 Å². The minimum atomic E-state index is 0.204. The molecular formula is C12H13ClN2O3. The van der Waals surface area contributed by atoms with E-state index in [0.717, 1.165) is 5.39 Å². The van der Waals surface area contributed by atoms with Crippen LogP contribution in [0.15, 0.2) is 18.3 Å². The first-order valence-corrected chi connectivity index (χ1v) is 5.74. The fourth-order valence-electron chi connectivity index (χ4n) is 1.52. The lowest BCUT2D eigenvalue weighted by molar-refractivity contribution is 0.144. The smallest absolute Gasteiger partial charge is 0.222 e. The number of hydrogen-bond donors (Lipinski definition) is 0. The molecule has 0 N–H and O–H groups in total. The lowest BCUT2D eigenvalue weighted by Crippen LogP contribution is -2.05. The number of fused-ring (bicyclic) bond motifs is 1. The zero-order valence-corrected chi connectivity index (χ0v) is 10.9. The van der Waals surface area contributed by atoms with Crippen LogP contribution in [0.1, 0.15) is 0 Å². The standard InChI is InChI=1S/C12H13ClN2O3/c1-16-3-4-18-11-6-9-8(5-10(11)17-2)7-14-12(13)15-9/h5-7H,3-4H2,1-2H3. The van der Waals surface area contributed by atoms with Crippen LogP contribution in [0.2, 0.25) is 5.28 Å². The first kappa shape index (κ1) is 12.9. The Kier molecular flexibility index (Phi) is 4.17. The Balaban J connectivity index is 2.36. The van der Waals surface area contributed by atoms with Gasteiger partial charge in [-0.25, -0.2) is 9.97 Å². The van der Waals surface area contributed by atoms with Gasteiger partial charge in [-0.2, -0.15) is 0 Å². The normalized spacial score (nSPS) is 10.6. The zero-order valence-electron chi connectivity index (χ0n) is 10.1. The summed E-state index contributed by atoms with van der Waals surface area (Å²) in [4.78, 5) is 8.05. The third-order valence-electron chi connectivity index (χ3n) is 2.38. The fourth-order valence-corrected chi connectivity index (χ4v) is 1.66. The molecule has 0 saturated heterocycles. The van der Waals surface area contributed by atoms with Crippen LogP contribution in [0.25, 0.3) is 10.9 Å². The van der Waals surface area contributed by atoms with Gasteiger partial charge in [-0.05, 0) is 17.7 Å². The lowest BCUT2D eigenvalue weighted by Gasteiger charge is -2.11. The number of ether oxygens (including phenoxy) is 3. The summed E-state index contributed by atoms with van der Waals surface area (Å²) in [6, 6.07) is 3.59. The number of hydrogen-bond acceptors (Lipinski definition) is 5. The Morgan fingerprint density at radius 1 is 1.17 bits per heavy atom. The summed E-state index contributed by atoms with van der Waals surface area (Å²) < 4.78 is 15.8. The molecule has 0 fully saturated rings. The second-order valence-electron chi connectivity index (χ2n) is 3.54. The molecule has 1 heterocycles.